The number of amides is 2. The number of benzene rings is 1. The van der Waals surface area contributed by atoms with Gasteiger partial charge in [-0.2, -0.15) is 0 Å². The Morgan fingerprint density at radius 2 is 2.04 bits per heavy atom. The van der Waals surface area contributed by atoms with Crippen molar-refractivity contribution in [3.05, 3.63) is 48.0 Å². The quantitative estimate of drug-likeness (QED) is 0.795. The molecule has 5 heteroatoms. The van der Waals surface area contributed by atoms with E-state index in [1.165, 1.54) is 11.6 Å². The molecule has 2 rings (SSSR count). The largest absolute Gasteiger partial charge is 0.374 e. The van der Waals surface area contributed by atoms with Gasteiger partial charge in [-0.3, -0.25) is 9.59 Å². The fourth-order valence-corrected chi connectivity index (χ4v) is 3.17. The molecule has 0 radical (unpaired) electrons. The molecule has 1 heterocycles. The van der Waals surface area contributed by atoms with Crippen LogP contribution in [-0.4, -0.2) is 49.1 Å². The van der Waals surface area contributed by atoms with Gasteiger partial charge in [-0.15, -0.1) is 0 Å². The van der Waals surface area contributed by atoms with Crippen molar-refractivity contribution in [3.63, 3.8) is 0 Å². The number of ether oxygens (including phenoxy) is 1. The Morgan fingerprint density at radius 3 is 2.65 bits per heavy atom. The molecule has 142 valence electrons. The van der Waals surface area contributed by atoms with Crippen molar-refractivity contribution in [1.29, 1.82) is 0 Å². The Morgan fingerprint density at radius 1 is 1.35 bits per heavy atom. The van der Waals surface area contributed by atoms with Crippen LogP contribution in [0.25, 0.3) is 0 Å². The highest BCUT2D eigenvalue weighted by Crippen LogP contribution is 2.27. The Kier molecular flexibility index (Phi) is 6.98. The van der Waals surface area contributed by atoms with Crippen LogP contribution >= 0.6 is 0 Å². The number of nitrogens with one attached hydrogen (secondary N) is 1. The fourth-order valence-electron chi connectivity index (χ4n) is 3.17. The summed E-state index contributed by atoms with van der Waals surface area (Å²) in [7, 11) is 0. The number of rotatable bonds is 6. The first kappa shape index (κ1) is 20.2. The average molecular weight is 358 g/mol. The van der Waals surface area contributed by atoms with Crippen molar-refractivity contribution in [2.75, 3.05) is 26.2 Å². The van der Waals surface area contributed by atoms with Crippen LogP contribution in [0, 0.1) is 0 Å². The first-order valence-corrected chi connectivity index (χ1v) is 9.29. The summed E-state index contributed by atoms with van der Waals surface area (Å²) in [4.78, 5) is 26.5. The molecule has 0 saturated carbocycles. The minimum Gasteiger partial charge on any atom is -0.374 e. The van der Waals surface area contributed by atoms with Crippen LogP contribution < -0.4 is 5.32 Å². The minimum atomic E-state index is -0.606. The van der Waals surface area contributed by atoms with E-state index in [-0.39, 0.29) is 17.9 Å². The molecule has 1 atom stereocenters. The number of aryl methyl sites for hydroxylation is 1. The Hall–Kier alpha value is -2.14. The standard InChI is InChI=1S/C21H30N2O3/c1-5-16-8-10-17(11-9-16)21(3,4)20(25)23-12-7-13-26-18(15-23)14-22-19(24)6-2/h6,8-11,18H,2,5,7,12-15H2,1,3-4H3,(H,22,24). The summed E-state index contributed by atoms with van der Waals surface area (Å²) in [6, 6.07) is 8.27. The molecule has 1 aliphatic rings. The lowest BCUT2D eigenvalue weighted by molar-refractivity contribution is -0.137. The van der Waals surface area contributed by atoms with Crippen LogP contribution in [0.4, 0.5) is 0 Å². The molecule has 26 heavy (non-hydrogen) atoms. The molecule has 1 aromatic carbocycles. The zero-order valence-electron chi connectivity index (χ0n) is 16.1. The predicted molar refractivity (Wildman–Crippen MR) is 103 cm³/mol. The predicted octanol–water partition coefficient (Wildman–Crippen LogP) is 2.45. The number of hydrogen-bond acceptors (Lipinski definition) is 3. The third-order valence-corrected chi connectivity index (χ3v) is 4.95. The molecule has 1 unspecified atom stereocenters. The van der Waals surface area contributed by atoms with Crippen LogP contribution in [0.1, 0.15) is 38.3 Å². The summed E-state index contributed by atoms with van der Waals surface area (Å²) in [6.45, 7) is 11.6. The summed E-state index contributed by atoms with van der Waals surface area (Å²) in [5.74, 6) is -0.139. The Balaban J connectivity index is 2.09. The average Bonchev–Trinajstić information content (AvgIpc) is 2.91. The van der Waals surface area contributed by atoms with Gasteiger partial charge < -0.3 is 15.0 Å². The summed E-state index contributed by atoms with van der Waals surface area (Å²) in [6.07, 6.45) is 2.81. The lowest BCUT2D eigenvalue weighted by Gasteiger charge is -2.33. The lowest BCUT2D eigenvalue weighted by Crippen LogP contribution is -2.48. The first-order valence-electron chi connectivity index (χ1n) is 9.29. The van der Waals surface area contributed by atoms with Gasteiger partial charge in [0, 0.05) is 26.2 Å². The van der Waals surface area contributed by atoms with Gasteiger partial charge in [-0.1, -0.05) is 37.8 Å². The maximum absolute atomic E-state index is 13.2. The summed E-state index contributed by atoms with van der Waals surface area (Å²) in [5.41, 5.74) is 1.67. The van der Waals surface area contributed by atoms with Crippen molar-refractivity contribution in [2.45, 2.75) is 45.1 Å². The van der Waals surface area contributed by atoms with Crippen molar-refractivity contribution < 1.29 is 14.3 Å². The van der Waals surface area contributed by atoms with E-state index in [0.29, 0.717) is 26.2 Å². The number of hydrogen-bond donors (Lipinski definition) is 1. The van der Waals surface area contributed by atoms with Crippen molar-refractivity contribution in [1.82, 2.24) is 10.2 Å². The number of nitrogens with zero attached hydrogens (tertiary/aromatic N) is 1. The summed E-state index contributed by atoms with van der Waals surface area (Å²) < 4.78 is 5.78. The molecule has 1 aromatic rings. The number of carbonyl (C=O) groups is 2. The van der Waals surface area contributed by atoms with E-state index in [2.05, 4.69) is 31.0 Å². The van der Waals surface area contributed by atoms with Gasteiger partial charge >= 0.3 is 0 Å². The van der Waals surface area contributed by atoms with Crippen molar-refractivity contribution in [2.24, 2.45) is 0 Å². The molecule has 0 spiro atoms. The van der Waals surface area contributed by atoms with Crippen molar-refractivity contribution >= 4 is 11.8 Å². The van der Waals surface area contributed by atoms with E-state index in [1.54, 1.807) is 0 Å². The molecule has 1 saturated heterocycles. The smallest absolute Gasteiger partial charge is 0.243 e. The van der Waals surface area contributed by atoms with Crippen LogP contribution in [0.2, 0.25) is 0 Å². The third kappa shape index (κ3) is 4.94. The highest BCUT2D eigenvalue weighted by atomic mass is 16.5. The normalized spacial score (nSPS) is 18.1. The lowest BCUT2D eigenvalue weighted by atomic mass is 9.82. The summed E-state index contributed by atoms with van der Waals surface area (Å²) >= 11 is 0. The maximum Gasteiger partial charge on any atom is 0.243 e. The van der Waals surface area contributed by atoms with Gasteiger partial charge in [0.15, 0.2) is 0 Å². The molecule has 5 nitrogen and oxygen atoms in total. The van der Waals surface area contributed by atoms with Crippen LogP contribution in [-0.2, 0) is 26.2 Å². The van der Waals surface area contributed by atoms with Crippen LogP contribution in [0.15, 0.2) is 36.9 Å². The zero-order valence-corrected chi connectivity index (χ0v) is 16.1. The molecular formula is C21H30N2O3. The first-order chi connectivity index (χ1) is 12.4. The fraction of sp³-hybridized carbons (Fsp3) is 0.524. The zero-order chi connectivity index (χ0) is 19.2. The molecule has 1 N–H and O–H groups in total. The SMILES string of the molecule is C=CC(=O)NCC1CN(C(=O)C(C)(C)c2ccc(CC)cc2)CCCO1. The molecule has 0 bridgehead atoms. The van der Waals surface area contributed by atoms with E-state index in [4.69, 9.17) is 4.74 Å². The minimum absolute atomic E-state index is 0.0901. The second-order valence-electron chi connectivity index (χ2n) is 7.22. The van der Waals surface area contributed by atoms with E-state index in [9.17, 15) is 9.59 Å². The van der Waals surface area contributed by atoms with Crippen LogP contribution in [0.5, 0.6) is 0 Å². The van der Waals surface area contributed by atoms with Gasteiger partial charge in [-0.05, 0) is 43.9 Å². The molecule has 0 aromatic heterocycles. The van der Waals surface area contributed by atoms with Crippen LogP contribution in [0.3, 0.4) is 0 Å². The summed E-state index contributed by atoms with van der Waals surface area (Å²) in [5, 5.41) is 2.75. The van der Waals surface area contributed by atoms with Crippen molar-refractivity contribution in [3.8, 4) is 0 Å². The van der Waals surface area contributed by atoms with E-state index in [1.807, 2.05) is 30.9 Å². The van der Waals surface area contributed by atoms with Gasteiger partial charge in [0.2, 0.25) is 11.8 Å². The topological polar surface area (TPSA) is 58.6 Å². The van der Waals surface area contributed by atoms with Gasteiger partial charge in [0.1, 0.15) is 0 Å². The van der Waals surface area contributed by atoms with Gasteiger partial charge in [-0.25, -0.2) is 0 Å². The second kappa shape index (κ2) is 8.99. The van der Waals surface area contributed by atoms with Gasteiger partial charge in [0.05, 0.1) is 11.5 Å². The Labute approximate surface area is 156 Å². The highest BCUT2D eigenvalue weighted by Gasteiger charge is 2.35. The highest BCUT2D eigenvalue weighted by molar-refractivity contribution is 5.88. The van der Waals surface area contributed by atoms with E-state index < -0.39 is 5.41 Å². The van der Waals surface area contributed by atoms with E-state index in [0.717, 1.165) is 18.4 Å². The van der Waals surface area contributed by atoms with Gasteiger partial charge in [0.25, 0.3) is 0 Å². The second-order valence-corrected chi connectivity index (χ2v) is 7.22. The molecule has 1 fully saturated rings. The molecular weight excluding hydrogens is 328 g/mol. The maximum atomic E-state index is 13.2. The third-order valence-electron chi connectivity index (χ3n) is 4.95. The Bertz CT molecular complexity index is 637. The molecule has 1 aliphatic heterocycles. The van der Waals surface area contributed by atoms with E-state index >= 15 is 0 Å². The number of carbonyl (C=O) groups excluding carboxylic acids is 2. The monoisotopic (exact) mass is 358 g/mol. The molecule has 0 aliphatic carbocycles. The molecule has 2 amide bonds.